The predicted octanol–water partition coefficient (Wildman–Crippen LogP) is 2.52. The first-order chi connectivity index (χ1) is 8.33. The molecule has 1 fully saturated rings. The molecule has 2 rings (SSSR count). The quantitative estimate of drug-likeness (QED) is 0.835. The summed E-state index contributed by atoms with van der Waals surface area (Å²) in [5.74, 6) is 0.579. The maximum absolute atomic E-state index is 9.02. The van der Waals surface area contributed by atoms with E-state index in [0.717, 1.165) is 12.1 Å². The van der Waals surface area contributed by atoms with Crippen LogP contribution in [-0.4, -0.2) is 17.8 Å². The number of benzene rings is 1. The molecule has 0 aromatic heterocycles. The van der Waals surface area contributed by atoms with Crippen molar-refractivity contribution >= 4 is 5.69 Å². The van der Waals surface area contributed by atoms with Gasteiger partial charge in [0, 0.05) is 18.3 Å². The molecule has 0 heterocycles. The van der Waals surface area contributed by atoms with Crippen LogP contribution in [0.25, 0.3) is 0 Å². The van der Waals surface area contributed by atoms with Gasteiger partial charge in [0.05, 0.1) is 11.6 Å². The minimum atomic E-state index is 0.274. The molecule has 2 unspecified atom stereocenters. The van der Waals surface area contributed by atoms with Crippen LogP contribution in [0.2, 0.25) is 0 Å². The second-order valence-corrected chi connectivity index (χ2v) is 4.64. The van der Waals surface area contributed by atoms with E-state index in [1.54, 1.807) is 0 Å². The Balaban J connectivity index is 1.97. The van der Waals surface area contributed by atoms with E-state index >= 15 is 0 Å². The molecule has 17 heavy (non-hydrogen) atoms. The van der Waals surface area contributed by atoms with Gasteiger partial charge in [-0.05, 0) is 49.4 Å². The largest absolute Gasteiger partial charge is 0.396 e. The summed E-state index contributed by atoms with van der Waals surface area (Å²) in [4.78, 5) is 0. The Morgan fingerprint density at radius 1 is 1.29 bits per heavy atom. The summed E-state index contributed by atoms with van der Waals surface area (Å²) in [6.45, 7) is 0.274. The summed E-state index contributed by atoms with van der Waals surface area (Å²) in [6.07, 6.45) is 4.49. The van der Waals surface area contributed by atoms with Crippen LogP contribution in [0.5, 0.6) is 0 Å². The second kappa shape index (κ2) is 5.70. The molecule has 1 aliphatic carbocycles. The lowest BCUT2D eigenvalue weighted by atomic mass is 10.00. The van der Waals surface area contributed by atoms with E-state index in [4.69, 9.17) is 10.4 Å². The molecule has 2 N–H and O–H groups in total. The minimum Gasteiger partial charge on any atom is -0.396 e. The van der Waals surface area contributed by atoms with E-state index in [0.29, 0.717) is 17.5 Å². The maximum atomic E-state index is 9.02. The van der Waals surface area contributed by atoms with Crippen molar-refractivity contribution < 1.29 is 5.11 Å². The Hall–Kier alpha value is -1.53. The molecule has 1 aromatic carbocycles. The van der Waals surface area contributed by atoms with E-state index in [1.165, 1.54) is 19.3 Å². The van der Waals surface area contributed by atoms with Crippen molar-refractivity contribution in [2.45, 2.75) is 31.7 Å². The summed E-state index contributed by atoms with van der Waals surface area (Å²) in [5, 5.41) is 21.2. The van der Waals surface area contributed by atoms with Gasteiger partial charge in [-0.25, -0.2) is 0 Å². The zero-order valence-electron chi connectivity index (χ0n) is 9.89. The van der Waals surface area contributed by atoms with Gasteiger partial charge in [0.15, 0.2) is 0 Å². The van der Waals surface area contributed by atoms with Gasteiger partial charge in [-0.15, -0.1) is 0 Å². The normalized spacial score (nSPS) is 23.3. The van der Waals surface area contributed by atoms with Crippen LogP contribution in [0.3, 0.4) is 0 Å². The van der Waals surface area contributed by atoms with Crippen molar-refractivity contribution in [3.63, 3.8) is 0 Å². The average Bonchev–Trinajstić information content (AvgIpc) is 2.78. The third-order valence-corrected chi connectivity index (χ3v) is 3.53. The molecule has 0 saturated heterocycles. The molecule has 1 aromatic rings. The highest BCUT2D eigenvalue weighted by atomic mass is 16.3. The van der Waals surface area contributed by atoms with E-state index in [1.807, 2.05) is 24.3 Å². The lowest BCUT2D eigenvalue weighted by molar-refractivity contribution is 0.254. The van der Waals surface area contributed by atoms with E-state index in [2.05, 4.69) is 11.4 Å². The van der Waals surface area contributed by atoms with Crippen molar-refractivity contribution in [2.75, 3.05) is 11.9 Å². The summed E-state index contributed by atoms with van der Waals surface area (Å²) >= 11 is 0. The van der Waals surface area contributed by atoms with E-state index < -0.39 is 0 Å². The van der Waals surface area contributed by atoms with Crippen molar-refractivity contribution in [1.29, 1.82) is 5.26 Å². The molecule has 0 spiro atoms. The van der Waals surface area contributed by atoms with Gasteiger partial charge in [-0.1, -0.05) is 6.42 Å². The third-order valence-electron chi connectivity index (χ3n) is 3.53. The first kappa shape index (κ1) is 11.9. The summed E-state index contributed by atoms with van der Waals surface area (Å²) in [5.41, 5.74) is 1.76. The van der Waals surface area contributed by atoms with Crippen molar-refractivity contribution in [3.05, 3.63) is 29.8 Å². The van der Waals surface area contributed by atoms with Crippen LogP contribution in [0.15, 0.2) is 24.3 Å². The number of nitriles is 1. The zero-order valence-corrected chi connectivity index (χ0v) is 9.89. The van der Waals surface area contributed by atoms with Gasteiger partial charge in [0.1, 0.15) is 0 Å². The second-order valence-electron chi connectivity index (χ2n) is 4.64. The van der Waals surface area contributed by atoms with Crippen LogP contribution in [0, 0.1) is 17.2 Å². The number of nitrogens with one attached hydrogen (secondary N) is 1. The highest BCUT2D eigenvalue weighted by molar-refractivity contribution is 5.48. The van der Waals surface area contributed by atoms with Gasteiger partial charge >= 0.3 is 0 Å². The molecule has 3 nitrogen and oxygen atoms in total. The first-order valence-electron chi connectivity index (χ1n) is 6.21. The Morgan fingerprint density at radius 3 is 2.71 bits per heavy atom. The molecular formula is C14H18N2O. The zero-order chi connectivity index (χ0) is 12.1. The van der Waals surface area contributed by atoms with Crippen molar-refractivity contribution in [2.24, 2.45) is 5.92 Å². The topological polar surface area (TPSA) is 56.0 Å². The monoisotopic (exact) mass is 230 g/mol. The molecule has 3 heteroatoms. The van der Waals surface area contributed by atoms with Crippen LogP contribution in [-0.2, 0) is 0 Å². The van der Waals surface area contributed by atoms with Gasteiger partial charge in [-0.3, -0.25) is 0 Å². The SMILES string of the molecule is N#Cc1ccc(NC2CCCC2CCO)cc1. The molecule has 0 aliphatic heterocycles. The number of anilines is 1. The number of rotatable bonds is 4. The molecule has 2 atom stereocenters. The summed E-state index contributed by atoms with van der Waals surface area (Å²) in [7, 11) is 0. The predicted molar refractivity (Wildman–Crippen MR) is 67.6 cm³/mol. The van der Waals surface area contributed by atoms with Crippen LogP contribution >= 0.6 is 0 Å². The smallest absolute Gasteiger partial charge is 0.0991 e. The molecule has 0 bridgehead atoms. The van der Waals surface area contributed by atoms with Crippen molar-refractivity contribution in [3.8, 4) is 6.07 Å². The number of hydrogen-bond acceptors (Lipinski definition) is 3. The standard InChI is InChI=1S/C14H18N2O/c15-10-11-4-6-13(7-5-11)16-14-3-1-2-12(14)8-9-17/h4-7,12,14,16-17H,1-3,8-9H2. The van der Waals surface area contributed by atoms with E-state index in [9.17, 15) is 0 Å². The maximum Gasteiger partial charge on any atom is 0.0991 e. The first-order valence-corrected chi connectivity index (χ1v) is 6.21. The Morgan fingerprint density at radius 2 is 2.06 bits per heavy atom. The molecule has 1 aliphatic rings. The Kier molecular flexibility index (Phi) is 4.00. The lowest BCUT2D eigenvalue weighted by Gasteiger charge is -2.21. The molecule has 1 saturated carbocycles. The van der Waals surface area contributed by atoms with E-state index in [-0.39, 0.29) is 6.61 Å². The van der Waals surface area contributed by atoms with Crippen LogP contribution < -0.4 is 5.32 Å². The third kappa shape index (κ3) is 2.98. The number of nitrogens with zero attached hydrogens (tertiary/aromatic N) is 1. The van der Waals surface area contributed by atoms with Gasteiger partial charge < -0.3 is 10.4 Å². The average molecular weight is 230 g/mol. The highest BCUT2D eigenvalue weighted by Crippen LogP contribution is 2.30. The fourth-order valence-corrected chi connectivity index (χ4v) is 2.59. The van der Waals surface area contributed by atoms with Gasteiger partial charge in [0.25, 0.3) is 0 Å². The molecular weight excluding hydrogens is 212 g/mol. The molecule has 0 amide bonds. The van der Waals surface area contributed by atoms with Crippen LogP contribution in [0.1, 0.15) is 31.2 Å². The van der Waals surface area contributed by atoms with Gasteiger partial charge in [0.2, 0.25) is 0 Å². The van der Waals surface area contributed by atoms with Crippen molar-refractivity contribution in [1.82, 2.24) is 0 Å². The fraction of sp³-hybridized carbons (Fsp3) is 0.500. The fourth-order valence-electron chi connectivity index (χ4n) is 2.59. The molecule has 0 radical (unpaired) electrons. The Labute approximate surface area is 102 Å². The summed E-state index contributed by atoms with van der Waals surface area (Å²) in [6, 6.07) is 10.1. The molecule has 90 valence electrons. The number of aliphatic hydroxyl groups excluding tert-OH is 1. The summed E-state index contributed by atoms with van der Waals surface area (Å²) < 4.78 is 0. The minimum absolute atomic E-state index is 0.274. The number of hydrogen-bond donors (Lipinski definition) is 2. The highest BCUT2D eigenvalue weighted by Gasteiger charge is 2.26. The Bertz CT molecular complexity index is 394. The van der Waals surface area contributed by atoms with Crippen LogP contribution in [0.4, 0.5) is 5.69 Å². The van der Waals surface area contributed by atoms with Gasteiger partial charge in [-0.2, -0.15) is 5.26 Å². The lowest BCUT2D eigenvalue weighted by Crippen LogP contribution is -2.24. The number of aliphatic hydroxyl groups is 1.